The van der Waals surface area contributed by atoms with Crippen molar-refractivity contribution in [3.8, 4) is 0 Å². The summed E-state index contributed by atoms with van der Waals surface area (Å²) in [7, 11) is 1.27. The molecule has 0 spiro atoms. The molecule has 0 bridgehead atoms. The number of amides is 2. The van der Waals surface area contributed by atoms with Crippen LogP contribution in [0.4, 0.5) is 4.39 Å². The first-order chi connectivity index (χ1) is 19.2. The highest BCUT2D eigenvalue weighted by molar-refractivity contribution is 6.02. The van der Waals surface area contributed by atoms with Crippen LogP contribution in [0.3, 0.4) is 0 Å². The Balaban J connectivity index is 1.44. The van der Waals surface area contributed by atoms with Gasteiger partial charge in [-0.15, -0.1) is 0 Å². The van der Waals surface area contributed by atoms with Gasteiger partial charge in [-0.3, -0.25) is 14.4 Å². The zero-order valence-electron chi connectivity index (χ0n) is 22.6. The summed E-state index contributed by atoms with van der Waals surface area (Å²) in [4.78, 5) is 55.2. The van der Waals surface area contributed by atoms with Gasteiger partial charge in [-0.1, -0.05) is 37.0 Å². The van der Waals surface area contributed by atoms with Crippen molar-refractivity contribution in [3.63, 3.8) is 0 Å². The number of ketones is 1. The molecule has 0 radical (unpaired) electrons. The number of aromatic amines is 1. The standard InChI is InChI=1S/C31H32FN3O5/c1-18-14-26(37)34-28(27(18)25(36)16-19-6-9-24-20(15-19)10-13-33-24)21-7-8-23(32)22(17-21)29(38)35-31(30(39)40-2)11-4-3-5-12-31/h6-10,13,15,17,28,33H,3-5,11-12,14,16H2,1-2H3,(H,34,37)(H,35,38). The molecule has 2 heterocycles. The van der Waals surface area contributed by atoms with Gasteiger partial charge in [0, 0.05) is 30.1 Å². The first kappa shape index (κ1) is 27.3. The lowest BCUT2D eigenvalue weighted by molar-refractivity contribution is -0.149. The summed E-state index contributed by atoms with van der Waals surface area (Å²) in [6, 6.07) is 10.8. The van der Waals surface area contributed by atoms with Gasteiger partial charge in [-0.25, -0.2) is 9.18 Å². The number of hydrogen-bond donors (Lipinski definition) is 3. The molecule has 3 aromatic rings. The highest BCUT2D eigenvalue weighted by Crippen LogP contribution is 2.33. The van der Waals surface area contributed by atoms with Gasteiger partial charge in [0.05, 0.1) is 18.7 Å². The fourth-order valence-electron chi connectivity index (χ4n) is 5.92. The summed E-state index contributed by atoms with van der Waals surface area (Å²) >= 11 is 0. The van der Waals surface area contributed by atoms with Gasteiger partial charge >= 0.3 is 5.97 Å². The zero-order chi connectivity index (χ0) is 28.4. The van der Waals surface area contributed by atoms with E-state index in [2.05, 4.69) is 15.6 Å². The molecule has 1 aliphatic heterocycles. The largest absolute Gasteiger partial charge is 0.467 e. The minimum absolute atomic E-state index is 0.0740. The van der Waals surface area contributed by atoms with Crippen molar-refractivity contribution in [2.45, 2.75) is 63.5 Å². The number of carbonyl (C=O) groups excluding carboxylic acids is 4. The molecule has 40 heavy (non-hydrogen) atoms. The van der Waals surface area contributed by atoms with Gasteiger partial charge in [0.25, 0.3) is 5.91 Å². The van der Waals surface area contributed by atoms with E-state index in [9.17, 15) is 19.2 Å². The van der Waals surface area contributed by atoms with E-state index in [-0.39, 0.29) is 30.1 Å². The Morgan fingerprint density at radius 1 is 1.07 bits per heavy atom. The van der Waals surface area contributed by atoms with Crippen molar-refractivity contribution in [2.24, 2.45) is 0 Å². The smallest absolute Gasteiger partial charge is 0.331 e. The number of carbonyl (C=O) groups is 4. The van der Waals surface area contributed by atoms with Crippen LogP contribution < -0.4 is 10.6 Å². The van der Waals surface area contributed by atoms with E-state index in [1.807, 2.05) is 30.5 Å². The van der Waals surface area contributed by atoms with Crippen LogP contribution in [0.5, 0.6) is 0 Å². The number of methoxy groups -OCH3 is 1. The van der Waals surface area contributed by atoms with Crippen molar-refractivity contribution >= 4 is 34.5 Å². The maximum Gasteiger partial charge on any atom is 0.331 e. The number of H-pyrrole nitrogens is 1. The fraction of sp³-hybridized carbons (Fsp3) is 0.355. The molecule has 5 rings (SSSR count). The van der Waals surface area contributed by atoms with Crippen LogP contribution in [0.2, 0.25) is 0 Å². The molecule has 2 aromatic carbocycles. The first-order valence-electron chi connectivity index (χ1n) is 13.5. The Kier molecular flexibility index (Phi) is 7.56. The van der Waals surface area contributed by atoms with Gasteiger partial charge in [-0.05, 0) is 66.6 Å². The molecule has 2 amide bonds. The lowest BCUT2D eigenvalue weighted by atomic mass is 9.81. The number of benzene rings is 2. The van der Waals surface area contributed by atoms with E-state index in [1.165, 1.54) is 19.2 Å². The van der Waals surface area contributed by atoms with Crippen LogP contribution >= 0.6 is 0 Å². The third kappa shape index (κ3) is 5.28. The predicted octanol–water partition coefficient (Wildman–Crippen LogP) is 4.60. The molecular weight excluding hydrogens is 513 g/mol. The van der Waals surface area contributed by atoms with Crippen molar-refractivity contribution in [2.75, 3.05) is 7.11 Å². The number of Topliss-reactive ketones (excluding diaryl/α,β-unsaturated/α-hetero) is 1. The lowest BCUT2D eigenvalue weighted by Crippen LogP contribution is -2.56. The number of halogens is 1. The number of ether oxygens (including phenoxy) is 1. The molecule has 1 fully saturated rings. The molecule has 8 nitrogen and oxygen atoms in total. The molecule has 1 atom stereocenters. The van der Waals surface area contributed by atoms with Crippen LogP contribution in [0.15, 0.2) is 59.8 Å². The molecule has 3 N–H and O–H groups in total. The van der Waals surface area contributed by atoms with Gasteiger partial charge in [0.2, 0.25) is 5.91 Å². The molecule has 208 valence electrons. The molecule has 2 aliphatic rings. The lowest BCUT2D eigenvalue weighted by Gasteiger charge is -2.35. The third-order valence-corrected chi connectivity index (χ3v) is 7.97. The first-order valence-corrected chi connectivity index (χ1v) is 13.5. The minimum Gasteiger partial charge on any atom is -0.467 e. The number of esters is 1. The number of aromatic nitrogens is 1. The molecule has 1 aromatic heterocycles. The zero-order valence-corrected chi connectivity index (χ0v) is 22.6. The number of rotatable bonds is 7. The number of fused-ring (bicyclic) bond motifs is 1. The Bertz CT molecular complexity index is 1530. The van der Waals surface area contributed by atoms with Crippen LogP contribution in [0, 0.1) is 5.82 Å². The predicted molar refractivity (Wildman–Crippen MR) is 147 cm³/mol. The van der Waals surface area contributed by atoms with E-state index in [0.29, 0.717) is 29.6 Å². The maximum absolute atomic E-state index is 15.0. The third-order valence-electron chi connectivity index (χ3n) is 7.97. The van der Waals surface area contributed by atoms with E-state index in [4.69, 9.17) is 4.74 Å². The second kappa shape index (κ2) is 11.1. The van der Waals surface area contributed by atoms with Crippen molar-refractivity contribution < 1.29 is 28.3 Å². The van der Waals surface area contributed by atoms with Gasteiger partial charge < -0.3 is 20.4 Å². The van der Waals surface area contributed by atoms with Gasteiger partial charge in [0.1, 0.15) is 11.4 Å². The Morgan fingerprint density at radius 3 is 2.60 bits per heavy atom. The maximum atomic E-state index is 15.0. The van der Waals surface area contributed by atoms with Crippen LogP contribution in [0.1, 0.15) is 73.0 Å². The van der Waals surface area contributed by atoms with Gasteiger partial charge in [-0.2, -0.15) is 0 Å². The summed E-state index contributed by atoms with van der Waals surface area (Å²) in [5, 5.41) is 6.59. The van der Waals surface area contributed by atoms with Crippen LogP contribution in [-0.2, 0) is 25.5 Å². The van der Waals surface area contributed by atoms with E-state index in [1.54, 1.807) is 6.92 Å². The van der Waals surface area contributed by atoms with Crippen molar-refractivity contribution in [3.05, 3.63) is 82.3 Å². The van der Waals surface area contributed by atoms with Crippen LogP contribution in [-0.4, -0.2) is 41.2 Å². The summed E-state index contributed by atoms with van der Waals surface area (Å²) in [6.45, 7) is 1.74. The average Bonchev–Trinajstić information content (AvgIpc) is 3.40. The highest BCUT2D eigenvalue weighted by atomic mass is 19.1. The Hall–Kier alpha value is -4.27. The molecule has 1 unspecified atom stereocenters. The topological polar surface area (TPSA) is 117 Å². The normalized spacial score (nSPS) is 18.8. The SMILES string of the molecule is COC(=O)C1(NC(=O)c2cc(C3NC(=O)CC(C)=C3C(=O)Cc3ccc4[nH]ccc4c3)ccc2F)CCCCC1. The summed E-state index contributed by atoms with van der Waals surface area (Å²) in [5.41, 5.74) is 1.76. The number of hydrogen-bond acceptors (Lipinski definition) is 5. The molecule has 1 saturated carbocycles. The quantitative estimate of drug-likeness (QED) is 0.375. The minimum atomic E-state index is -1.22. The fourth-order valence-corrected chi connectivity index (χ4v) is 5.92. The summed E-state index contributed by atoms with van der Waals surface area (Å²) in [6.07, 6.45) is 5.24. The highest BCUT2D eigenvalue weighted by Gasteiger charge is 2.42. The Morgan fingerprint density at radius 2 is 1.85 bits per heavy atom. The molecular formula is C31H32FN3O5. The second-order valence-corrected chi connectivity index (χ2v) is 10.7. The van der Waals surface area contributed by atoms with E-state index in [0.717, 1.165) is 41.8 Å². The second-order valence-electron chi connectivity index (χ2n) is 10.7. The summed E-state index contributed by atoms with van der Waals surface area (Å²) in [5.74, 6) is -2.51. The van der Waals surface area contributed by atoms with Gasteiger partial charge in [0.15, 0.2) is 5.78 Å². The summed E-state index contributed by atoms with van der Waals surface area (Å²) < 4.78 is 20.0. The molecule has 9 heteroatoms. The van der Waals surface area contributed by atoms with E-state index < -0.39 is 29.3 Å². The van der Waals surface area contributed by atoms with Crippen molar-refractivity contribution in [1.82, 2.24) is 15.6 Å². The number of nitrogens with one attached hydrogen (secondary N) is 3. The monoisotopic (exact) mass is 545 g/mol. The van der Waals surface area contributed by atoms with E-state index >= 15 is 4.39 Å². The molecule has 1 aliphatic carbocycles. The van der Waals surface area contributed by atoms with Crippen molar-refractivity contribution in [1.29, 1.82) is 0 Å². The Labute approximate surface area is 231 Å². The molecule has 0 saturated heterocycles. The van der Waals surface area contributed by atoms with Crippen LogP contribution in [0.25, 0.3) is 10.9 Å². The average molecular weight is 546 g/mol.